The fourth-order valence-electron chi connectivity index (χ4n) is 0.987. The topological polar surface area (TPSA) is 28.7 Å². The number of fused-ring (bicyclic) bond motifs is 1. The predicted molar refractivity (Wildman–Crippen MR) is 51.5 cm³/mol. The number of H-pyrrole nitrogens is 1. The molecule has 0 aromatic carbocycles. The van der Waals surface area contributed by atoms with Crippen molar-refractivity contribution in [2.45, 2.75) is 0 Å². The molecule has 0 amide bonds. The Hall–Kier alpha value is -0.350. The van der Waals surface area contributed by atoms with Crippen molar-refractivity contribution in [3.63, 3.8) is 0 Å². The van der Waals surface area contributed by atoms with Crippen molar-refractivity contribution in [2.24, 2.45) is 0 Å². The molecule has 0 fully saturated rings. The van der Waals surface area contributed by atoms with Gasteiger partial charge in [-0.15, -0.1) is 0 Å². The minimum Gasteiger partial charge on any atom is -0.359 e. The van der Waals surface area contributed by atoms with Crippen LogP contribution in [0.5, 0.6) is 0 Å². The zero-order chi connectivity index (χ0) is 7.84. The zero-order valence-electron chi connectivity index (χ0n) is 5.44. The van der Waals surface area contributed by atoms with E-state index in [0.717, 1.165) is 20.0 Å². The average Bonchev–Trinajstić information content (AvgIpc) is 2.45. The third-order valence-corrected chi connectivity index (χ3v) is 2.74. The van der Waals surface area contributed by atoms with Crippen molar-refractivity contribution < 1.29 is 0 Å². The Labute approximate surface area is 80.3 Å². The van der Waals surface area contributed by atoms with Gasteiger partial charge in [-0.25, -0.2) is 4.98 Å². The lowest BCUT2D eigenvalue weighted by molar-refractivity contribution is 1.28. The molecular weight excluding hydrogens is 272 g/mol. The van der Waals surface area contributed by atoms with Crippen LogP contribution in [0.3, 0.4) is 0 Å². The molecule has 0 atom stereocenters. The SMILES string of the molecule is Brc1cnc(Br)c2[nH]ccc12. The average molecular weight is 276 g/mol. The second-order valence-corrected chi connectivity index (χ2v) is 3.77. The Balaban J connectivity index is 2.96. The maximum Gasteiger partial charge on any atom is 0.130 e. The minimum absolute atomic E-state index is 0.848. The summed E-state index contributed by atoms with van der Waals surface area (Å²) in [5.74, 6) is 0. The van der Waals surface area contributed by atoms with Gasteiger partial charge in [-0.05, 0) is 37.9 Å². The molecule has 1 N–H and O–H groups in total. The summed E-state index contributed by atoms with van der Waals surface area (Å²) >= 11 is 6.75. The molecule has 0 saturated carbocycles. The smallest absolute Gasteiger partial charge is 0.130 e. The van der Waals surface area contributed by atoms with Crippen molar-refractivity contribution in [2.75, 3.05) is 0 Å². The van der Waals surface area contributed by atoms with Gasteiger partial charge in [0.25, 0.3) is 0 Å². The van der Waals surface area contributed by atoms with Crippen LogP contribution in [0.25, 0.3) is 10.9 Å². The number of nitrogens with zero attached hydrogens (tertiary/aromatic N) is 1. The summed E-state index contributed by atoms with van der Waals surface area (Å²) in [5, 5.41) is 1.15. The highest BCUT2D eigenvalue weighted by Gasteiger charge is 2.02. The fraction of sp³-hybridized carbons (Fsp3) is 0. The van der Waals surface area contributed by atoms with Crippen molar-refractivity contribution in [3.05, 3.63) is 27.5 Å². The molecule has 0 aliphatic heterocycles. The Kier molecular flexibility index (Phi) is 1.73. The van der Waals surface area contributed by atoms with E-state index in [1.807, 2.05) is 12.3 Å². The lowest BCUT2D eigenvalue weighted by Crippen LogP contribution is -1.77. The molecule has 4 heteroatoms. The molecular formula is C7H4Br2N2. The van der Waals surface area contributed by atoms with Gasteiger partial charge >= 0.3 is 0 Å². The number of nitrogens with one attached hydrogen (secondary N) is 1. The van der Waals surface area contributed by atoms with Gasteiger partial charge in [-0.3, -0.25) is 0 Å². The van der Waals surface area contributed by atoms with Gasteiger partial charge in [0, 0.05) is 22.3 Å². The lowest BCUT2D eigenvalue weighted by atomic mass is 10.3. The molecule has 2 aromatic rings. The van der Waals surface area contributed by atoms with E-state index in [1.54, 1.807) is 6.20 Å². The normalized spacial score (nSPS) is 10.7. The van der Waals surface area contributed by atoms with E-state index in [2.05, 4.69) is 41.8 Å². The molecule has 2 aromatic heterocycles. The highest BCUT2D eigenvalue weighted by molar-refractivity contribution is 9.11. The first-order valence-electron chi connectivity index (χ1n) is 3.06. The second kappa shape index (κ2) is 2.60. The van der Waals surface area contributed by atoms with E-state index in [4.69, 9.17) is 0 Å². The Morgan fingerprint density at radius 1 is 1.36 bits per heavy atom. The van der Waals surface area contributed by atoms with Crippen LogP contribution in [0.1, 0.15) is 0 Å². The molecule has 0 bridgehead atoms. The van der Waals surface area contributed by atoms with Crippen molar-refractivity contribution in [3.8, 4) is 0 Å². The Bertz CT molecular complexity index is 358. The molecule has 56 valence electrons. The van der Waals surface area contributed by atoms with Crippen molar-refractivity contribution in [1.82, 2.24) is 9.97 Å². The van der Waals surface area contributed by atoms with Gasteiger partial charge in [0.15, 0.2) is 0 Å². The Morgan fingerprint density at radius 3 is 2.91 bits per heavy atom. The number of aromatic nitrogens is 2. The van der Waals surface area contributed by atoms with E-state index in [1.165, 1.54) is 0 Å². The fourth-order valence-corrected chi connectivity index (χ4v) is 1.85. The van der Waals surface area contributed by atoms with Crippen LogP contribution in [0.4, 0.5) is 0 Å². The highest BCUT2D eigenvalue weighted by atomic mass is 79.9. The lowest BCUT2D eigenvalue weighted by Gasteiger charge is -1.94. The summed E-state index contributed by atoms with van der Waals surface area (Å²) in [6.07, 6.45) is 3.67. The third-order valence-electron chi connectivity index (χ3n) is 1.50. The maximum absolute atomic E-state index is 4.12. The van der Waals surface area contributed by atoms with Crippen LogP contribution < -0.4 is 0 Å². The molecule has 2 nitrogen and oxygen atoms in total. The monoisotopic (exact) mass is 274 g/mol. The van der Waals surface area contributed by atoms with Crippen molar-refractivity contribution in [1.29, 1.82) is 0 Å². The largest absolute Gasteiger partial charge is 0.359 e. The summed E-state index contributed by atoms with van der Waals surface area (Å²) in [5.41, 5.74) is 1.03. The van der Waals surface area contributed by atoms with Gasteiger partial charge in [0.1, 0.15) is 4.60 Å². The third kappa shape index (κ3) is 1.10. The number of rotatable bonds is 0. The zero-order valence-corrected chi connectivity index (χ0v) is 8.61. The first kappa shape index (κ1) is 7.31. The first-order valence-corrected chi connectivity index (χ1v) is 4.65. The van der Waals surface area contributed by atoms with Gasteiger partial charge in [0.2, 0.25) is 0 Å². The number of pyridine rings is 1. The van der Waals surface area contributed by atoms with Gasteiger partial charge in [-0.2, -0.15) is 0 Å². The number of aromatic amines is 1. The first-order chi connectivity index (χ1) is 5.29. The second-order valence-electron chi connectivity index (χ2n) is 2.16. The summed E-state index contributed by atoms with van der Waals surface area (Å²) in [4.78, 5) is 7.21. The molecule has 0 spiro atoms. The number of halogens is 2. The van der Waals surface area contributed by atoms with Crippen molar-refractivity contribution >= 4 is 42.8 Å². The standard InChI is InChI=1S/C7H4Br2N2/c8-5-3-11-7(9)6-4(5)1-2-10-6/h1-3,10H. The molecule has 0 saturated heterocycles. The molecule has 0 aliphatic rings. The summed E-state index contributed by atoms with van der Waals surface area (Å²) in [6.45, 7) is 0. The molecule has 0 aliphatic carbocycles. The molecule has 0 radical (unpaired) electrons. The van der Waals surface area contributed by atoms with Crippen LogP contribution in [-0.4, -0.2) is 9.97 Å². The van der Waals surface area contributed by atoms with E-state index in [0.29, 0.717) is 0 Å². The maximum atomic E-state index is 4.12. The van der Waals surface area contributed by atoms with Crippen LogP contribution in [0, 0.1) is 0 Å². The highest BCUT2D eigenvalue weighted by Crippen LogP contribution is 2.26. The van der Waals surface area contributed by atoms with E-state index >= 15 is 0 Å². The molecule has 11 heavy (non-hydrogen) atoms. The number of hydrogen-bond acceptors (Lipinski definition) is 1. The Morgan fingerprint density at radius 2 is 2.18 bits per heavy atom. The van der Waals surface area contributed by atoms with Crippen LogP contribution in [0.15, 0.2) is 27.5 Å². The van der Waals surface area contributed by atoms with Crippen LogP contribution >= 0.6 is 31.9 Å². The predicted octanol–water partition coefficient (Wildman–Crippen LogP) is 3.09. The van der Waals surface area contributed by atoms with Gasteiger partial charge in [0.05, 0.1) is 5.52 Å². The summed E-state index contributed by atoms with van der Waals surface area (Å²) in [6, 6.07) is 2.01. The number of hydrogen-bond donors (Lipinski definition) is 1. The van der Waals surface area contributed by atoms with Crippen LogP contribution in [0.2, 0.25) is 0 Å². The quantitative estimate of drug-likeness (QED) is 0.736. The summed E-state index contributed by atoms with van der Waals surface area (Å²) < 4.78 is 1.86. The van der Waals surface area contributed by atoms with E-state index in [9.17, 15) is 0 Å². The van der Waals surface area contributed by atoms with E-state index < -0.39 is 0 Å². The van der Waals surface area contributed by atoms with Gasteiger partial charge < -0.3 is 4.98 Å². The minimum atomic E-state index is 0.848. The molecule has 2 heterocycles. The molecule has 2 rings (SSSR count). The van der Waals surface area contributed by atoms with Gasteiger partial charge in [-0.1, -0.05) is 0 Å². The molecule has 0 unspecified atom stereocenters. The summed E-state index contributed by atoms with van der Waals surface area (Å²) in [7, 11) is 0. The van der Waals surface area contributed by atoms with Crippen LogP contribution in [-0.2, 0) is 0 Å². The van der Waals surface area contributed by atoms with E-state index in [-0.39, 0.29) is 0 Å².